The molecule has 0 aliphatic heterocycles. The summed E-state index contributed by atoms with van der Waals surface area (Å²) < 4.78 is 11.3. The summed E-state index contributed by atoms with van der Waals surface area (Å²) in [5.41, 5.74) is 0. The van der Waals surface area contributed by atoms with Gasteiger partial charge in [0.05, 0.1) is 16.7 Å². The van der Waals surface area contributed by atoms with E-state index in [1.54, 1.807) is 12.1 Å². The predicted octanol–water partition coefficient (Wildman–Crippen LogP) is 9.77. The number of ether oxygens (including phenoxy) is 2. The molecule has 0 bridgehead atoms. The van der Waals surface area contributed by atoms with Gasteiger partial charge >= 0.3 is 0 Å². The molecular weight excluding hydrogens is 504 g/mol. The van der Waals surface area contributed by atoms with Crippen LogP contribution in [0.1, 0.15) is 84.0 Å². The first-order valence-corrected chi connectivity index (χ1v) is 13.4. The van der Waals surface area contributed by atoms with E-state index in [1.165, 1.54) is 63.9 Å². The Kier molecular flexibility index (Phi) is 18.8. The lowest BCUT2D eigenvalue weighted by Crippen LogP contribution is -2.01. The van der Waals surface area contributed by atoms with Gasteiger partial charge in [0.25, 0.3) is 0 Å². The Bertz CT molecular complexity index is 671. The Labute approximate surface area is 219 Å². The molecule has 188 valence electrons. The average molecular weight is 541 g/mol. The molecule has 0 aliphatic rings. The average Bonchev–Trinajstić information content (AvgIpc) is 2.77. The molecule has 0 heterocycles. The van der Waals surface area contributed by atoms with Crippen LogP contribution in [0.4, 0.5) is 0 Å². The molecule has 0 fully saturated rings. The molecular formula is C25H37Cl4NO3. The van der Waals surface area contributed by atoms with Gasteiger partial charge in [-0.05, 0) is 31.8 Å². The fourth-order valence-electron chi connectivity index (χ4n) is 3.11. The zero-order valence-electron chi connectivity index (χ0n) is 19.6. The van der Waals surface area contributed by atoms with Gasteiger partial charge in [-0.15, -0.1) is 0 Å². The van der Waals surface area contributed by atoms with Crippen LogP contribution in [0.15, 0.2) is 27.9 Å². The van der Waals surface area contributed by atoms with Crippen molar-refractivity contribution in [3.8, 4) is 11.5 Å². The van der Waals surface area contributed by atoms with Crippen LogP contribution < -0.4 is 9.47 Å². The highest BCUT2D eigenvalue weighted by molar-refractivity contribution is 6.55. The first-order valence-electron chi connectivity index (χ1n) is 11.9. The van der Waals surface area contributed by atoms with Crippen LogP contribution >= 0.6 is 46.4 Å². The minimum Gasteiger partial charge on any atom is -0.490 e. The zero-order valence-corrected chi connectivity index (χ0v) is 22.6. The summed E-state index contributed by atoms with van der Waals surface area (Å²) in [5.74, 6) is 0.952. The summed E-state index contributed by atoms with van der Waals surface area (Å²) in [6.45, 7) is 3.52. The molecule has 0 amide bonds. The van der Waals surface area contributed by atoms with Crippen LogP contribution in [0.3, 0.4) is 0 Å². The summed E-state index contributed by atoms with van der Waals surface area (Å²) in [5, 5.41) is 4.80. The fraction of sp³-hybridized carbons (Fsp3) is 0.640. The first kappa shape index (κ1) is 30.2. The highest BCUT2D eigenvalue weighted by Gasteiger charge is 2.10. The summed E-state index contributed by atoms with van der Waals surface area (Å²) in [6.07, 6.45) is 18.0. The molecule has 0 aliphatic carbocycles. The van der Waals surface area contributed by atoms with Crippen molar-refractivity contribution >= 4 is 52.6 Å². The van der Waals surface area contributed by atoms with Crippen molar-refractivity contribution in [3.63, 3.8) is 0 Å². The number of hydrogen-bond donors (Lipinski definition) is 0. The van der Waals surface area contributed by atoms with Crippen molar-refractivity contribution in [2.75, 3.05) is 19.8 Å². The largest absolute Gasteiger partial charge is 0.490 e. The second-order valence-electron chi connectivity index (χ2n) is 7.81. The number of halogens is 4. The third-order valence-electron chi connectivity index (χ3n) is 4.92. The summed E-state index contributed by atoms with van der Waals surface area (Å²) in [4.78, 5) is 5.31. The minimum atomic E-state index is 0.139. The Balaban J connectivity index is 2.04. The Morgan fingerprint density at radius 2 is 1.42 bits per heavy atom. The van der Waals surface area contributed by atoms with Gasteiger partial charge in [-0.3, -0.25) is 0 Å². The molecule has 1 rings (SSSR count). The SMILES string of the molecule is CCCCCCCCCCCC=NOCCCCOc1c(Cl)cc(OCC=C(Cl)Cl)cc1Cl. The molecule has 0 saturated heterocycles. The lowest BCUT2D eigenvalue weighted by Gasteiger charge is -2.12. The van der Waals surface area contributed by atoms with E-state index in [1.807, 2.05) is 6.21 Å². The van der Waals surface area contributed by atoms with Crippen molar-refractivity contribution < 1.29 is 14.3 Å². The van der Waals surface area contributed by atoms with Gasteiger partial charge in [0.15, 0.2) is 5.75 Å². The number of oxime groups is 1. The maximum Gasteiger partial charge on any atom is 0.156 e. The summed E-state index contributed by atoms with van der Waals surface area (Å²) in [7, 11) is 0. The monoisotopic (exact) mass is 539 g/mol. The summed E-state index contributed by atoms with van der Waals surface area (Å²) in [6, 6.07) is 3.29. The quantitative estimate of drug-likeness (QED) is 0.0937. The number of unbranched alkanes of at least 4 members (excludes halogenated alkanes) is 10. The van der Waals surface area contributed by atoms with Crippen LogP contribution in [-0.2, 0) is 4.84 Å². The van der Waals surface area contributed by atoms with E-state index >= 15 is 0 Å². The molecule has 8 heteroatoms. The predicted molar refractivity (Wildman–Crippen MR) is 143 cm³/mol. The molecule has 0 atom stereocenters. The molecule has 1 aromatic carbocycles. The van der Waals surface area contributed by atoms with Crippen molar-refractivity contribution in [1.82, 2.24) is 0 Å². The molecule has 4 nitrogen and oxygen atoms in total. The van der Waals surface area contributed by atoms with Crippen molar-refractivity contribution in [2.45, 2.75) is 84.0 Å². The Morgan fingerprint density at radius 3 is 2.06 bits per heavy atom. The van der Waals surface area contributed by atoms with Gasteiger partial charge in [0, 0.05) is 18.3 Å². The third-order valence-corrected chi connectivity index (χ3v) is 5.79. The zero-order chi connectivity index (χ0) is 24.2. The van der Waals surface area contributed by atoms with Crippen LogP contribution in [-0.4, -0.2) is 26.0 Å². The lowest BCUT2D eigenvalue weighted by molar-refractivity contribution is 0.136. The Morgan fingerprint density at radius 1 is 0.818 bits per heavy atom. The molecule has 0 unspecified atom stereocenters. The second kappa shape index (κ2) is 20.6. The van der Waals surface area contributed by atoms with Crippen LogP contribution in [0, 0.1) is 0 Å². The number of benzene rings is 1. The van der Waals surface area contributed by atoms with E-state index in [0.717, 1.165) is 19.3 Å². The van der Waals surface area contributed by atoms with E-state index in [0.29, 0.717) is 34.8 Å². The van der Waals surface area contributed by atoms with Crippen molar-refractivity contribution in [1.29, 1.82) is 0 Å². The van der Waals surface area contributed by atoms with Gasteiger partial charge < -0.3 is 14.3 Å². The molecule has 0 aromatic heterocycles. The van der Waals surface area contributed by atoms with Gasteiger partial charge in [-0.2, -0.15) is 0 Å². The lowest BCUT2D eigenvalue weighted by atomic mass is 10.1. The van der Waals surface area contributed by atoms with Crippen molar-refractivity contribution in [2.24, 2.45) is 5.16 Å². The summed E-state index contributed by atoms with van der Waals surface area (Å²) >= 11 is 23.6. The van der Waals surface area contributed by atoms with Gasteiger partial charge in [0.1, 0.15) is 23.5 Å². The highest BCUT2D eigenvalue weighted by atomic mass is 35.5. The molecule has 1 aromatic rings. The maximum absolute atomic E-state index is 6.25. The third kappa shape index (κ3) is 16.5. The maximum atomic E-state index is 6.25. The van der Waals surface area contributed by atoms with Gasteiger partial charge in [-0.25, -0.2) is 0 Å². The molecule has 33 heavy (non-hydrogen) atoms. The topological polar surface area (TPSA) is 40.0 Å². The number of nitrogens with zero attached hydrogens (tertiary/aromatic N) is 1. The Hall–Kier alpha value is -0.810. The van der Waals surface area contributed by atoms with Gasteiger partial charge in [0.2, 0.25) is 0 Å². The molecule has 0 N–H and O–H groups in total. The minimum absolute atomic E-state index is 0.139. The molecule has 0 spiro atoms. The van der Waals surface area contributed by atoms with E-state index in [-0.39, 0.29) is 11.1 Å². The second-order valence-corrected chi connectivity index (χ2v) is 9.64. The van der Waals surface area contributed by atoms with Crippen molar-refractivity contribution in [3.05, 3.63) is 32.7 Å². The standard InChI is InChI=1S/C25H37Cl4NO3/c1-2-3-4-5-6-7-8-9-10-11-15-30-33-17-13-12-16-32-25-22(26)19-21(20-23(25)27)31-18-14-24(28)29/h14-15,19-20H,2-13,16-18H2,1H3. The van der Waals surface area contributed by atoms with Crippen LogP contribution in [0.25, 0.3) is 0 Å². The van der Waals surface area contributed by atoms with Crippen LogP contribution in [0.2, 0.25) is 10.0 Å². The number of hydrogen-bond acceptors (Lipinski definition) is 4. The highest BCUT2D eigenvalue weighted by Crippen LogP contribution is 2.37. The number of rotatable bonds is 20. The van der Waals surface area contributed by atoms with Crippen LogP contribution in [0.5, 0.6) is 11.5 Å². The normalized spacial score (nSPS) is 11.1. The molecule has 0 radical (unpaired) electrons. The smallest absolute Gasteiger partial charge is 0.156 e. The van der Waals surface area contributed by atoms with E-state index in [2.05, 4.69) is 12.1 Å². The van der Waals surface area contributed by atoms with E-state index < -0.39 is 0 Å². The van der Waals surface area contributed by atoms with E-state index in [4.69, 9.17) is 60.7 Å². The molecule has 0 saturated carbocycles. The van der Waals surface area contributed by atoms with Gasteiger partial charge in [-0.1, -0.05) is 110 Å². The first-order chi connectivity index (χ1) is 16.0. The van der Waals surface area contributed by atoms with E-state index in [9.17, 15) is 0 Å². The fourth-order valence-corrected chi connectivity index (χ4v) is 3.81.